The first-order valence-electron chi connectivity index (χ1n) is 19.3. The fourth-order valence-corrected chi connectivity index (χ4v) is 19.3. The molecule has 0 bridgehead atoms. The summed E-state index contributed by atoms with van der Waals surface area (Å²) in [5.41, 5.74) is 3.66. The van der Waals surface area contributed by atoms with Crippen molar-refractivity contribution in [2.75, 3.05) is 6.61 Å². The van der Waals surface area contributed by atoms with Gasteiger partial charge < -0.3 is 19.3 Å². The van der Waals surface area contributed by atoms with Crippen molar-refractivity contribution >= 4 is 47.5 Å². The standard InChI is InChI=1S/C44H51N3O8SSi2/c1-31-28-47(41(49)46-39(31)48)40-38(54-58(43(5,6)7,34-24-16-10-17-25-34)35-26-18-11-19-27-35)44(36(45)30-56(50,51)55-44)37(53-40)29-52-57(42(2,3)4,32-20-12-8-13-21-32)33-22-14-9-15-23-33/h8-28,30,37-38,40H,29,45H2,1-7H3,(H,46,48,49)/t37-,38+,40-,44?/m1/s1. The summed E-state index contributed by atoms with van der Waals surface area (Å²) in [6, 6.07) is 39.7. The Morgan fingerprint density at radius 2 is 1.17 bits per heavy atom. The van der Waals surface area contributed by atoms with Crippen molar-refractivity contribution in [2.45, 2.75) is 82.6 Å². The lowest BCUT2D eigenvalue weighted by Gasteiger charge is -2.48. The second-order valence-corrected chi connectivity index (χ2v) is 27.1. The van der Waals surface area contributed by atoms with Gasteiger partial charge in [0.1, 0.15) is 12.2 Å². The van der Waals surface area contributed by atoms with Crippen molar-refractivity contribution in [3.63, 3.8) is 0 Å². The van der Waals surface area contributed by atoms with Crippen molar-refractivity contribution < 1.29 is 26.2 Å². The first-order chi connectivity index (χ1) is 27.4. The van der Waals surface area contributed by atoms with Crippen LogP contribution >= 0.6 is 0 Å². The number of hydrogen-bond acceptors (Lipinski definition) is 9. The number of H-pyrrole nitrogens is 1. The van der Waals surface area contributed by atoms with Gasteiger partial charge in [0.2, 0.25) is 0 Å². The predicted octanol–water partition coefficient (Wildman–Crippen LogP) is 4.16. The van der Waals surface area contributed by atoms with Crippen LogP contribution in [0, 0.1) is 6.92 Å². The Bertz CT molecular complexity index is 2440. The maximum absolute atomic E-state index is 13.9. The highest BCUT2D eigenvalue weighted by molar-refractivity contribution is 7.90. The Labute approximate surface area is 341 Å². The van der Waals surface area contributed by atoms with Crippen LogP contribution in [0.4, 0.5) is 0 Å². The molecule has 2 aliphatic rings. The van der Waals surface area contributed by atoms with Gasteiger partial charge in [-0.2, -0.15) is 8.42 Å². The molecule has 1 saturated heterocycles. The summed E-state index contributed by atoms with van der Waals surface area (Å²) < 4.78 is 57.2. The van der Waals surface area contributed by atoms with Crippen LogP contribution in [0.25, 0.3) is 0 Å². The van der Waals surface area contributed by atoms with Crippen LogP contribution < -0.4 is 37.7 Å². The monoisotopic (exact) mass is 837 g/mol. The molecule has 3 N–H and O–H groups in total. The van der Waals surface area contributed by atoms with Gasteiger partial charge in [-0.3, -0.25) is 14.3 Å². The summed E-state index contributed by atoms with van der Waals surface area (Å²) in [7, 11) is -11.3. The summed E-state index contributed by atoms with van der Waals surface area (Å²) in [6.45, 7) is 14.0. The number of aryl methyl sites for hydroxylation is 1. The van der Waals surface area contributed by atoms with E-state index in [1.54, 1.807) is 6.92 Å². The number of ether oxygens (including phenoxy) is 1. The summed E-state index contributed by atoms with van der Waals surface area (Å²) in [4.78, 5) is 29.1. The highest BCUT2D eigenvalue weighted by Gasteiger charge is 2.69. The van der Waals surface area contributed by atoms with E-state index in [1.165, 1.54) is 10.8 Å². The normalized spacial score (nSPS) is 22.3. The summed E-state index contributed by atoms with van der Waals surface area (Å²) >= 11 is 0. The van der Waals surface area contributed by atoms with E-state index in [4.69, 9.17) is 23.5 Å². The molecule has 304 valence electrons. The van der Waals surface area contributed by atoms with E-state index in [2.05, 4.69) is 70.8 Å². The molecule has 0 radical (unpaired) electrons. The maximum atomic E-state index is 13.9. The van der Waals surface area contributed by atoms with Gasteiger partial charge in [-0.1, -0.05) is 163 Å². The Hall–Kier alpha value is -4.68. The number of nitrogens with two attached hydrogens (primary N) is 1. The molecule has 11 nitrogen and oxygen atoms in total. The summed E-state index contributed by atoms with van der Waals surface area (Å²) in [5, 5.41) is 3.61. The fraction of sp³-hybridized carbons (Fsp3) is 0.318. The van der Waals surface area contributed by atoms with Gasteiger partial charge in [0, 0.05) is 11.8 Å². The van der Waals surface area contributed by atoms with E-state index in [0.29, 0.717) is 0 Å². The predicted molar refractivity (Wildman–Crippen MR) is 231 cm³/mol. The Morgan fingerprint density at radius 1 is 0.741 bits per heavy atom. The molecule has 1 aromatic heterocycles. The maximum Gasteiger partial charge on any atom is 0.330 e. The van der Waals surface area contributed by atoms with Gasteiger partial charge in [0.05, 0.1) is 17.7 Å². The lowest BCUT2D eigenvalue weighted by atomic mass is 9.89. The zero-order valence-electron chi connectivity index (χ0n) is 33.8. The van der Waals surface area contributed by atoms with Gasteiger partial charge in [0.15, 0.2) is 11.8 Å². The average Bonchev–Trinajstić information content (AvgIpc) is 3.62. The van der Waals surface area contributed by atoms with Crippen molar-refractivity contribution in [1.82, 2.24) is 9.55 Å². The third-order valence-electron chi connectivity index (χ3n) is 11.4. The summed E-state index contributed by atoms with van der Waals surface area (Å²) in [5.74, 6) is 0. The number of benzene rings is 4. The van der Waals surface area contributed by atoms with E-state index >= 15 is 0 Å². The molecule has 14 heteroatoms. The van der Waals surface area contributed by atoms with Crippen LogP contribution in [0.2, 0.25) is 10.1 Å². The fourth-order valence-electron chi connectivity index (χ4n) is 8.84. The van der Waals surface area contributed by atoms with Gasteiger partial charge in [-0.25, -0.2) is 8.98 Å². The topological polar surface area (TPSA) is 152 Å². The van der Waals surface area contributed by atoms with E-state index in [-0.39, 0.29) is 17.9 Å². The molecule has 1 fully saturated rings. The average molecular weight is 838 g/mol. The highest BCUT2D eigenvalue weighted by Crippen LogP contribution is 2.52. The molecule has 1 unspecified atom stereocenters. The summed E-state index contributed by atoms with van der Waals surface area (Å²) in [6.07, 6.45) is -2.56. The smallest absolute Gasteiger partial charge is 0.330 e. The molecule has 58 heavy (non-hydrogen) atoms. The van der Waals surface area contributed by atoms with E-state index in [0.717, 1.165) is 26.2 Å². The molecule has 7 rings (SSSR count). The van der Waals surface area contributed by atoms with Crippen molar-refractivity contribution in [3.8, 4) is 0 Å². The Kier molecular flexibility index (Phi) is 10.8. The SMILES string of the molecule is Cc1cn([C@@H]2O[C@H](CO[Si](c3ccccc3)(c3ccccc3)C(C)(C)C)C3(OS(=O)(=O)C=C3N)[C@H]2O[Si](c2ccccc2)(c2ccccc2)C(C)(C)C)c(=O)[nH]c1=O. The minimum atomic E-state index is -4.41. The van der Waals surface area contributed by atoms with Crippen molar-refractivity contribution in [2.24, 2.45) is 5.73 Å². The molecule has 2 aliphatic heterocycles. The molecule has 0 amide bonds. The Balaban J connectivity index is 1.49. The molecule has 4 aromatic carbocycles. The number of rotatable bonds is 10. The number of nitrogens with one attached hydrogen (secondary N) is 1. The van der Waals surface area contributed by atoms with Crippen LogP contribution in [0.3, 0.4) is 0 Å². The van der Waals surface area contributed by atoms with E-state index in [1.807, 2.05) is 97.1 Å². The molecule has 5 aromatic rings. The molecule has 3 heterocycles. The van der Waals surface area contributed by atoms with Gasteiger partial charge in [-0.15, -0.1) is 0 Å². The van der Waals surface area contributed by atoms with Crippen LogP contribution in [-0.2, 0) is 27.9 Å². The van der Waals surface area contributed by atoms with E-state index < -0.39 is 72.1 Å². The number of aromatic nitrogens is 2. The van der Waals surface area contributed by atoms with Crippen LogP contribution in [0.1, 0.15) is 53.3 Å². The lowest BCUT2D eigenvalue weighted by Crippen LogP contribution is -2.71. The number of hydrogen-bond donors (Lipinski definition) is 2. The van der Waals surface area contributed by atoms with Gasteiger partial charge in [0.25, 0.3) is 32.3 Å². The Morgan fingerprint density at radius 3 is 1.57 bits per heavy atom. The van der Waals surface area contributed by atoms with Crippen LogP contribution in [0.15, 0.2) is 148 Å². The largest absolute Gasteiger partial charge is 0.405 e. The third kappa shape index (κ3) is 6.89. The van der Waals surface area contributed by atoms with Crippen LogP contribution in [-0.4, -0.2) is 59.0 Å². The molecule has 1 spiro atoms. The molecular weight excluding hydrogens is 787 g/mol. The molecular formula is C44H51N3O8SSi2. The first kappa shape index (κ1) is 41.5. The first-order valence-corrected chi connectivity index (χ1v) is 24.6. The minimum Gasteiger partial charge on any atom is -0.405 e. The zero-order chi connectivity index (χ0) is 41.7. The molecule has 4 atom stereocenters. The second kappa shape index (κ2) is 15.2. The van der Waals surface area contributed by atoms with Gasteiger partial charge in [-0.05, 0) is 37.7 Å². The number of nitrogens with zero attached hydrogens (tertiary/aromatic N) is 1. The number of aromatic amines is 1. The zero-order valence-corrected chi connectivity index (χ0v) is 36.7. The van der Waals surface area contributed by atoms with Crippen molar-refractivity contribution in [1.29, 1.82) is 0 Å². The van der Waals surface area contributed by atoms with Crippen molar-refractivity contribution in [3.05, 3.63) is 165 Å². The second-order valence-electron chi connectivity index (χ2n) is 17.1. The van der Waals surface area contributed by atoms with Gasteiger partial charge >= 0.3 is 5.69 Å². The highest BCUT2D eigenvalue weighted by atomic mass is 32.2. The van der Waals surface area contributed by atoms with E-state index in [9.17, 15) is 18.0 Å². The molecule has 0 aliphatic carbocycles. The quantitative estimate of drug-likeness (QED) is 0.156. The minimum absolute atomic E-state index is 0.150. The van der Waals surface area contributed by atoms with Crippen LogP contribution in [0.5, 0.6) is 0 Å². The molecule has 0 saturated carbocycles. The third-order valence-corrected chi connectivity index (χ3v) is 22.5. The lowest BCUT2D eigenvalue weighted by molar-refractivity contribution is -0.0557.